The van der Waals surface area contributed by atoms with E-state index in [4.69, 9.17) is 15.7 Å². The number of primary amides is 1. The Morgan fingerprint density at radius 1 is 1.41 bits per heavy atom. The van der Waals surface area contributed by atoms with Crippen LogP contribution >= 0.6 is 0 Å². The lowest BCUT2D eigenvalue weighted by Crippen LogP contribution is -2.13. The van der Waals surface area contributed by atoms with Crippen molar-refractivity contribution in [1.29, 1.82) is 5.26 Å². The molecule has 0 bridgehead atoms. The summed E-state index contributed by atoms with van der Waals surface area (Å²) in [6.45, 7) is 3.24. The first-order valence-corrected chi connectivity index (χ1v) is 7.08. The molecule has 0 spiro atoms. The van der Waals surface area contributed by atoms with Gasteiger partial charge in [0.2, 0.25) is 0 Å². The van der Waals surface area contributed by atoms with Crippen LogP contribution in [0.5, 0.6) is 0 Å². The van der Waals surface area contributed by atoms with Gasteiger partial charge in [0.1, 0.15) is 0 Å². The topological polar surface area (TPSA) is 81.0 Å². The Morgan fingerprint density at radius 2 is 2.18 bits per heavy atom. The summed E-state index contributed by atoms with van der Waals surface area (Å²) in [6.07, 6.45) is 0.829. The number of ether oxygens (including phenoxy) is 1. The van der Waals surface area contributed by atoms with Crippen molar-refractivity contribution in [3.63, 3.8) is 0 Å². The number of benzene rings is 1. The quantitative estimate of drug-likeness (QED) is 0.832. The Labute approximate surface area is 129 Å². The van der Waals surface area contributed by atoms with Gasteiger partial charge in [0, 0.05) is 31.6 Å². The molecule has 5 heteroatoms. The van der Waals surface area contributed by atoms with Crippen LogP contribution in [0.15, 0.2) is 30.3 Å². The minimum atomic E-state index is -0.444. The number of nitrogens with two attached hydrogens (primary N) is 1. The molecule has 5 nitrogen and oxygen atoms in total. The predicted octanol–water partition coefficient (Wildman–Crippen LogP) is 2.47. The standard InChI is InChI=1S/C17H19N3O2/c1-12-15(17(19)21)10-16(20(12)7-4-8-22-2)14-6-3-5-13(9-14)11-18/h3,5-6,9-10H,4,7-8H2,1-2H3,(H2,19,21). The molecule has 1 aromatic heterocycles. The molecular weight excluding hydrogens is 278 g/mol. The molecule has 2 N–H and O–H groups in total. The van der Waals surface area contributed by atoms with E-state index in [0.717, 1.165) is 29.9 Å². The molecule has 0 saturated carbocycles. The van der Waals surface area contributed by atoms with Crippen LogP contribution in [0.2, 0.25) is 0 Å². The predicted molar refractivity (Wildman–Crippen MR) is 84.3 cm³/mol. The van der Waals surface area contributed by atoms with Crippen LogP contribution in [0.25, 0.3) is 11.3 Å². The van der Waals surface area contributed by atoms with Gasteiger partial charge < -0.3 is 15.0 Å². The Kier molecular flexibility index (Phi) is 4.97. The second kappa shape index (κ2) is 6.92. The average Bonchev–Trinajstić information content (AvgIpc) is 2.85. The van der Waals surface area contributed by atoms with Gasteiger partial charge in [-0.1, -0.05) is 12.1 Å². The molecule has 1 amide bonds. The molecule has 0 unspecified atom stereocenters. The summed E-state index contributed by atoms with van der Waals surface area (Å²) in [5, 5.41) is 9.05. The van der Waals surface area contributed by atoms with Crippen molar-refractivity contribution in [1.82, 2.24) is 4.57 Å². The van der Waals surface area contributed by atoms with E-state index < -0.39 is 5.91 Å². The maximum atomic E-state index is 11.6. The molecule has 1 heterocycles. The highest BCUT2D eigenvalue weighted by Crippen LogP contribution is 2.27. The summed E-state index contributed by atoms with van der Waals surface area (Å²) in [5.74, 6) is -0.444. The number of hydrogen-bond donors (Lipinski definition) is 1. The highest BCUT2D eigenvalue weighted by molar-refractivity contribution is 5.95. The molecule has 2 rings (SSSR count). The van der Waals surface area contributed by atoms with Crippen LogP contribution < -0.4 is 5.73 Å². The van der Waals surface area contributed by atoms with Crippen molar-refractivity contribution in [2.75, 3.05) is 13.7 Å². The minimum Gasteiger partial charge on any atom is -0.385 e. The lowest BCUT2D eigenvalue weighted by Gasteiger charge is -2.12. The number of nitriles is 1. The number of methoxy groups -OCH3 is 1. The normalized spacial score (nSPS) is 10.4. The third-order valence-electron chi connectivity index (χ3n) is 3.65. The molecule has 22 heavy (non-hydrogen) atoms. The second-order valence-corrected chi connectivity index (χ2v) is 5.08. The van der Waals surface area contributed by atoms with Crippen molar-refractivity contribution in [3.8, 4) is 17.3 Å². The van der Waals surface area contributed by atoms with Gasteiger partial charge in [-0.25, -0.2) is 0 Å². The van der Waals surface area contributed by atoms with Crippen molar-refractivity contribution < 1.29 is 9.53 Å². The Balaban J connectivity index is 2.50. The third kappa shape index (κ3) is 3.18. The van der Waals surface area contributed by atoms with Crippen LogP contribution in [0.1, 0.15) is 28.0 Å². The zero-order valence-corrected chi connectivity index (χ0v) is 12.8. The lowest BCUT2D eigenvalue weighted by atomic mass is 10.1. The van der Waals surface area contributed by atoms with E-state index in [1.807, 2.05) is 25.1 Å². The summed E-state index contributed by atoms with van der Waals surface area (Å²) >= 11 is 0. The second-order valence-electron chi connectivity index (χ2n) is 5.08. The fraction of sp³-hybridized carbons (Fsp3) is 0.294. The summed E-state index contributed by atoms with van der Waals surface area (Å²) < 4.78 is 7.14. The molecule has 0 radical (unpaired) electrons. The molecule has 114 valence electrons. The summed E-state index contributed by atoms with van der Waals surface area (Å²) in [6, 6.07) is 11.2. The van der Waals surface area contributed by atoms with E-state index in [9.17, 15) is 4.79 Å². The number of hydrogen-bond acceptors (Lipinski definition) is 3. The first-order chi connectivity index (χ1) is 10.6. The van der Waals surface area contributed by atoms with Crippen LogP contribution in [0, 0.1) is 18.3 Å². The monoisotopic (exact) mass is 297 g/mol. The van der Waals surface area contributed by atoms with Crippen LogP contribution in [-0.4, -0.2) is 24.2 Å². The molecule has 2 aromatic rings. The fourth-order valence-electron chi connectivity index (χ4n) is 2.54. The zero-order valence-electron chi connectivity index (χ0n) is 12.8. The van der Waals surface area contributed by atoms with Crippen molar-refractivity contribution in [2.45, 2.75) is 19.9 Å². The van der Waals surface area contributed by atoms with E-state index in [1.54, 1.807) is 19.2 Å². The fourth-order valence-corrected chi connectivity index (χ4v) is 2.54. The lowest BCUT2D eigenvalue weighted by molar-refractivity contribution is 0.0999. The smallest absolute Gasteiger partial charge is 0.250 e. The van der Waals surface area contributed by atoms with E-state index in [1.165, 1.54) is 0 Å². The SMILES string of the molecule is COCCCn1c(-c2cccc(C#N)c2)cc(C(N)=O)c1C. The molecule has 1 aromatic carbocycles. The molecule has 0 aliphatic heterocycles. The van der Waals surface area contributed by atoms with Crippen LogP contribution in [-0.2, 0) is 11.3 Å². The van der Waals surface area contributed by atoms with Gasteiger partial charge in [0.05, 0.1) is 17.2 Å². The molecule has 0 aliphatic carbocycles. The number of rotatable bonds is 6. The van der Waals surface area contributed by atoms with Gasteiger partial charge >= 0.3 is 0 Å². The molecule has 0 saturated heterocycles. The first-order valence-electron chi connectivity index (χ1n) is 7.08. The maximum absolute atomic E-state index is 11.6. The number of aromatic nitrogens is 1. The first kappa shape index (κ1) is 15.8. The van der Waals surface area contributed by atoms with Crippen molar-refractivity contribution in [2.24, 2.45) is 5.73 Å². The largest absolute Gasteiger partial charge is 0.385 e. The van der Waals surface area contributed by atoms with E-state index >= 15 is 0 Å². The summed E-state index contributed by atoms with van der Waals surface area (Å²) in [5.41, 5.74) is 9.17. The minimum absolute atomic E-state index is 0.444. The summed E-state index contributed by atoms with van der Waals surface area (Å²) in [7, 11) is 1.66. The summed E-state index contributed by atoms with van der Waals surface area (Å²) in [4.78, 5) is 11.6. The number of carbonyl (C=O) groups excluding carboxylic acids is 1. The average molecular weight is 297 g/mol. The Morgan fingerprint density at radius 3 is 2.82 bits per heavy atom. The van der Waals surface area contributed by atoms with E-state index in [0.29, 0.717) is 17.7 Å². The third-order valence-corrected chi connectivity index (χ3v) is 3.65. The van der Waals surface area contributed by atoms with E-state index in [-0.39, 0.29) is 0 Å². The molecule has 0 atom stereocenters. The van der Waals surface area contributed by atoms with Gasteiger partial charge in [0.25, 0.3) is 5.91 Å². The van der Waals surface area contributed by atoms with E-state index in [2.05, 4.69) is 10.6 Å². The number of nitrogens with zero attached hydrogens (tertiary/aromatic N) is 2. The highest BCUT2D eigenvalue weighted by atomic mass is 16.5. The number of amides is 1. The van der Waals surface area contributed by atoms with Gasteiger partial charge in [-0.2, -0.15) is 5.26 Å². The Hall–Kier alpha value is -2.58. The highest BCUT2D eigenvalue weighted by Gasteiger charge is 2.16. The number of carbonyl (C=O) groups is 1. The Bertz CT molecular complexity index is 726. The van der Waals surface area contributed by atoms with Crippen molar-refractivity contribution in [3.05, 3.63) is 47.2 Å². The van der Waals surface area contributed by atoms with Gasteiger partial charge in [-0.15, -0.1) is 0 Å². The van der Waals surface area contributed by atoms with Gasteiger partial charge in [-0.05, 0) is 37.1 Å². The molecule has 0 aliphatic rings. The van der Waals surface area contributed by atoms with Gasteiger partial charge in [0.15, 0.2) is 0 Å². The maximum Gasteiger partial charge on any atom is 0.250 e. The zero-order chi connectivity index (χ0) is 16.1. The van der Waals surface area contributed by atoms with Crippen LogP contribution in [0.3, 0.4) is 0 Å². The molecular formula is C17H19N3O2. The molecule has 0 fully saturated rings. The van der Waals surface area contributed by atoms with Crippen molar-refractivity contribution >= 4 is 5.91 Å². The van der Waals surface area contributed by atoms with Crippen LogP contribution in [0.4, 0.5) is 0 Å². The van der Waals surface area contributed by atoms with Gasteiger partial charge in [-0.3, -0.25) is 4.79 Å².